The molecule has 1 unspecified atom stereocenters. The second-order valence-corrected chi connectivity index (χ2v) is 7.95. The van der Waals surface area contributed by atoms with Gasteiger partial charge in [0.1, 0.15) is 0 Å². The molecule has 2 rings (SSSR count). The predicted octanol–water partition coefficient (Wildman–Crippen LogP) is 2.98. The lowest BCUT2D eigenvalue weighted by molar-refractivity contribution is -0.159. The van der Waals surface area contributed by atoms with Crippen LogP contribution in [0, 0.1) is 12.8 Å². The number of aliphatic hydroxyl groups is 1. The number of esters is 1. The van der Waals surface area contributed by atoms with Crippen molar-refractivity contribution < 1.29 is 18.8 Å². The van der Waals surface area contributed by atoms with Gasteiger partial charge in [-0.15, -0.1) is 0 Å². The van der Waals surface area contributed by atoms with Crippen LogP contribution in [0.1, 0.15) is 45.1 Å². The van der Waals surface area contributed by atoms with Gasteiger partial charge in [0, 0.05) is 4.90 Å². The first-order chi connectivity index (χ1) is 10.9. The van der Waals surface area contributed by atoms with E-state index in [0.29, 0.717) is 17.7 Å². The summed E-state index contributed by atoms with van der Waals surface area (Å²) in [5, 5.41) is 10.7. The number of aryl methyl sites for hydroxylation is 1. The van der Waals surface area contributed by atoms with Crippen molar-refractivity contribution >= 4 is 16.8 Å². The van der Waals surface area contributed by atoms with Crippen LogP contribution in [0.2, 0.25) is 0 Å². The quantitative estimate of drug-likeness (QED) is 0.838. The predicted molar refractivity (Wildman–Crippen MR) is 90.6 cm³/mol. The number of carbonyl (C=O) groups excluding carboxylic acids is 1. The van der Waals surface area contributed by atoms with Crippen molar-refractivity contribution in [2.45, 2.75) is 62.2 Å². The molecule has 5 heteroatoms. The van der Waals surface area contributed by atoms with Gasteiger partial charge < -0.3 is 9.84 Å². The molecule has 1 aliphatic rings. The molecule has 1 fully saturated rings. The molecule has 0 spiro atoms. The lowest BCUT2D eigenvalue weighted by Gasteiger charge is -2.42. The van der Waals surface area contributed by atoms with Crippen molar-refractivity contribution in [2.24, 2.45) is 5.92 Å². The molecule has 128 valence electrons. The highest BCUT2D eigenvalue weighted by Gasteiger charge is 2.49. The van der Waals surface area contributed by atoms with E-state index >= 15 is 0 Å². The third-order valence-electron chi connectivity index (χ3n) is 4.75. The van der Waals surface area contributed by atoms with Crippen molar-refractivity contribution in [2.75, 3.05) is 6.61 Å². The number of rotatable bonds is 5. The van der Waals surface area contributed by atoms with Gasteiger partial charge in [0.15, 0.2) is 0 Å². The molecule has 4 nitrogen and oxygen atoms in total. The highest BCUT2D eigenvalue weighted by Crippen LogP contribution is 2.39. The van der Waals surface area contributed by atoms with Crippen LogP contribution >= 0.6 is 0 Å². The maximum atomic E-state index is 13.0. The summed E-state index contributed by atoms with van der Waals surface area (Å²) in [6.45, 7) is 5.69. The average Bonchev–Trinajstić information content (AvgIpc) is 2.55. The fraction of sp³-hybridized carbons (Fsp3) is 0.611. The monoisotopic (exact) mass is 338 g/mol. The molecular weight excluding hydrogens is 312 g/mol. The van der Waals surface area contributed by atoms with Crippen LogP contribution in [0.25, 0.3) is 0 Å². The molecule has 0 amide bonds. The Morgan fingerprint density at radius 1 is 1.39 bits per heavy atom. The Morgan fingerprint density at radius 3 is 2.65 bits per heavy atom. The summed E-state index contributed by atoms with van der Waals surface area (Å²) in [7, 11) is -1.35. The molecule has 23 heavy (non-hydrogen) atoms. The molecule has 0 heterocycles. The minimum atomic E-state index is -1.35. The summed E-state index contributed by atoms with van der Waals surface area (Å²) >= 11 is 0. The van der Waals surface area contributed by atoms with Crippen LogP contribution < -0.4 is 0 Å². The molecule has 1 aliphatic carbocycles. The molecule has 0 bridgehead atoms. The first-order valence-electron chi connectivity index (χ1n) is 8.26. The second kappa shape index (κ2) is 7.58. The average molecular weight is 338 g/mol. The zero-order valence-electron chi connectivity index (χ0n) is 14.1. The van der Waals surface area contributed by atoms with Gasteiger partial charge in [0.05, 0.1) is 34.2 Å². The summed E-state index contributed by atoms with van der Waals surface area (Å²) in [4.78, 5) is 12.8. The Kier molecular flexibility index (Phi) is 5.98. The summed E-state index contributed by atoms with van der Waals surface area (Å²) in [6.07, 6.45) is 2.89. The van der Waals surface area contributed by atoms with E-state index in [2.05, 4.69) is 0 Å². The van der Waals surface area contributed by atoms with Gasteiger partial charge in [-0.2, -0.15) is 0 Å². The fourth-order valence-corrected chi connectivity index (χ4v) is 5.05. The van der Waals surface area contributed by atoms with Gasteiger partial charge in [-0.1, -0.05) is 30.5 Å². The summed E-state index contributed by atoms with van der Waals surface area (Å²) in [6, 6.07) is 7.53. The van der Waals surface area contributed by atoms with E-state index in [9.17, 15) is 14.1 Å². The van der Waals surface area contributed by atoms with E-state index in [-0.39, 0.29) is 6.61 Å². The molecule has 0 aromatic heterocycles. The molecule has 1 aromatic rings. The van der Waals surface area contributed by atoms with Crippen molar-refractivity contribution in [3.8, 4) is 0 Å². The molecule has 0 radical (unpaired) electrons. The number of benzene rings is 1. The number of hydrogen-bond acceptors (Lipinski definition) is 4. The van der Waals surface area contributed by atoms with Crippen LogP contribution in [0.5, 0.6) is 0 Å². The van der Waals surface area contributed by atoms with Crippen LogP contribution in [-0.2, 0) is 20.3 Å². The summed E-state index contributed by atoms with van der Waals surface area (Å²) in [5.74, 6) is -1.09. The van der Waals surface area contributed by atoms with E-state index < -0.39 is 33.5 Å². The largest absolute Gasteiger partial charge is 0.466 e. The van der Waals surface area contributed by atoms with Gasteiger partial charge in [-0.3, -0.25) is 9.00 Å². The van der Waals surface area contributed by atoms with Crippen molar-refractivity contribution in [1.82, 2.24) is 0 Å². The first-order valence-corrected chi connectivity index (χ1v) is 9.47. The summed E-state index contributed by atoms with van der Waals surface area (Å²) in [5.41, 5.74) is -0.176. The Balaban J connectivity index is 2.28. The third-order valence-corrected chi connectivity index (χ3v) is 6.65. The zero-order chi connectivity index (χ0) is 17.0. The van der Waals surface area contributed by atoms with Crippen molar-refractivity contribution in [3.05, 3.63) is 29.8 Å². The van der Waals surface area contributed by atoms with Gasteiger partial charge in [-0.25, -0.2) is 0 Å². The minimum Gasteiger partial charge on any atom is -0.466 e. The smallest absolute Gasteiger partial charge is 0.311 e. The van der Waals surface area contributed by atoms with E-state index in [4.69, 9.17) is 4.74 Å². The molecule has 4 atom stereocenters. The second-order valence-electron chi connectivity index (χ2n) is 6.31. The maximum Gasteiger partial charge on any atom is 0.311 e. The third kappa shape index (κ3) is 3.83. The fourth-order valence-electron chi connectivity index (χ4n) is 3.24. The molecule has 1 aromatic carbocycles. The van der Waals surface area contributed by atoms with Crippen molar-refractivity contribution in [1.29, 1.82) is 0 Å². The van der Waals surface area contributed by atoms with Crippen LogP contribution in [0.3, 0.4) is 0 Å². The highest BCUT2D eigenvalue weighted by atomic mass is 32.2. The number of carbonyl (C=O) groups is 1. The van der Waals surface area contributed by atoms with Crippen molar-refractivity contribution in [3.63, 3.8) is 0 Å². The Morgan fingerprint density at radius 2 is 2.04 bits per heavy atom. The minimum absolute atomic E-state index is 0.283. The lowest BCUT2D eigenvalue weighted by atomic mass is 9.76. The SMILES string of the molecule is CCOC(=O)[C@@H](C)[C@@]1(O)CCCC[C@@H]1S(=O)c1ccc(C)cc1. The molecule has 0 aliphatic heterocycles. The van der Waals surface area contributed by atoms with E-state index in [1.807, 2.05) is 31.2 Å². The Hall–Kier alpha value is -1.20. The normalized spacial score (nSPS) is 27.2. The first kappa shape index (κ1) is 18.1. The highest BCUT2D eigenvalue weighted by molar-refractivity contribution is 7.85. The van der Waals surface area contributed by atoms with E-state index in [0.717, 1.165) is 18.4 Å². The molecule has 1 saturated carbocycles. The summed E-state index contributed by atoms with van der Waals surface area (Å²) < 4.78 is 18.1. The topological polar surface area (TPSA) is 63.6 Å². The molecule has 1 N–H and O–H groups in total. The van der Waals surface area contributed by atoms with Crippen LogP contribution in [0.4, 0.5) is 0 Å². The lowest BCUT2D eigenvalue weighted by Crippen LogP contribution is -2.54. The zero-order valence-corrected chi connectivity index (χ0v) is 14.9. The molecular formula is C18H26O4S. The van der Waals surface area contributed by atoms with Gasteiger partial charge in [-0.05, 0) is 45.7 Å². The van der Waals surface area contributed by atoms with E-state index in [1.54, 1.807) is 13.8 Å². The van der Waals surface area contributed by atoms with Gasteiger partial charge >= 0.3 is 5.97 Å². The number of ether oxygens (including phenoxy) is 1. The maximum absolute atomic E-state index is 13.0. The standard InChI is InChI=1S/C18H26O4S/c1-4-22-17(19)14(3)18(20)12-6-5-7-16(18)23(21)15-10-8-13(2)9-11-15/h8-11,14,16,20H,4-7,12H2,1-3H3/t14-,16+,18+,23?/m1/s1. The Bertz CT molecular complexity index is 569. The molecule has 0 saturated heterocycles. The van der Waals surface area contributed by atoms with Crippen LogP contribution in [-0.4, -0.2) is 32.7 Å². The van der Waals surface area contributed by atoms with Crippen LogP contribution in [0.15, 0.2) is 29.2 Å². The van der Waals surface area contributed by atoms with Gasteiger partial charge in [0.25, 0.3) is 0 Å². The Labute approximate surface area is 140 Å². The van der Waals surface area contributed by atoms with Gasteiger partial charge in [0.2, 0.25) is 0 Å². The number of hydrogen-bond donors (Lipinski definition) is 1. The van der Waals surface area contributed by atoms with E-state index in [1.165, 1.54) is 0 Å².